The highest BCUT2D eigenvalue weighted by Gasteiger charge is 2.09. The molecule has 4 heteroatoms. The molecule has 0 spiro atoms. The van der Waals surface area contributed by atoms with Gasteiger partial charge < -0.3 is 4.74 Å². The molecular weight excluding hydrogens is 370 g/mol. The van der Waals surface area contributed by atoms with Crippen molar-refractivity contribution in [3.8, 4) is 11.8 Å². The molecule has 0 aromatic heterocycles. The molecule has 3 aromatic carbocycles. The van der Waals surface area contributed by atoms with Gasteiger partial charge in [0.25, 0.3) is 0 Å². The van der Waals surface area contributed by atoms with Crippen LogP contribution in [-0.2, 0) is 0 Å². The van der Waals surface area contributed by atoms with Crippen LogP contribution < -0.4 is 4.74 Å². The summed E-state index contributed by atoms with van der Waals surface area (Å²) >= 11 is 5.90. The third-order valence-electron chi connectivity index (χ3n) is 4.42. The molecule has 3 nitrogen and oxygen atoms in total. The smallest absolute Gasteiger partial charge is 0.343 e. The second kappa shape index (κ2) is 8.56. The van der Waals surface area contributed by atoms with Crippen molar-refractivity contribution in [3.05, 3.63) is 99.6 Å². The topological polar surface area (TPSA) is 50.1 Å². The number of benzene rings is 3. The maximum absolute atomic E-state index is 12.3. The molecule has 0 amide bonds. The van der Waals surface area contributed by atoms with E-state index in [0.29, 0.717) is 21.9 Å². The Kier molecular flexibility index (Phi) is 5.93. The van der Waals surface area contributed by atoms with Crippen LogP contribution in [0.5, 0.6) is 5.75 Å². The van der Waals surface area contributed by atoms with E-state index in [9.17, 15) is 10.1 Å². The molecule has 0 saturated heterocycles. The number of halogens is 1. The fraction of sp³-hybridized carbons (Fsp3) is 0.0833. The summed E-state index contributed by atoms with van der Waals surface area (Å²) in [6, 6.07) is 21.8. The number of esters is 1. The molecule has 0 bridgehead atoms. The first-order chi connectivity index (χ1) is 13.5. The monoisotopic (exact) mass is 387 g/mol. The maximum Gasteiger partial charge on any atom is 0.343 e. The number of ether oxygens (including phenoxy) is 1. The minimum Gasteiger partial charge on any atom is -0.423 e. The molecule has 0 aliphatic heterocycles. The van der Waals surface area contributed by atoms with Gasteiger partial charge in [0.15, 0.2) is 0 Å². The first-order valence-electron chi connectivity index (χ1n) is 8.73. The Hall–Kier alpha value is -3.35. The quantitative estimate of drug-likeness (QED) is 0.230. The van der Waals surface area contributed by atoms with Gasteiger partial charge in [0.1, 0.15) is 5.75 Å². The van der Waals surface area contributed by atoms with Crippen molar-refractivity contribution >= 4 is 29.2 Å². The van der Waals surface area contributed by atoms with Crippen LogP contribution in [0.25, 0.3) is 11.6 Å². The number of carbonyl (C=O) groups excluding carboxylic acids is 1. The Morgan fingerprint density at radius 2 is 1.57 bits per heavy atom. The van der Waals surface area contributed by atoms with Crippen molar-refractivity contribution in [1.82, 2.24) is 0 Å². The molecular formula is C24H18ClNO2. The van der Waals surface area contributed by atoms with Crippen LogP contribution in [0.15, 0.2) is 66.7 Å². The summed E-state index contributed by atoms with van der Waals surface area (Å²) in [4.78, 5) is 12.3. The largest absolute Gasteiger partial charge is 0.423 e. The summed E-state index contributed by atoms with van der Waals surface area (Å²) in [5.74, 6) is 0.0515. The average molecular weight is 388 g/mol. The second-order valence-electron chi connectivity index (χ2n) is 6.43. The van der Waals surface area contributed by atoms with E-state index in [0.717, 1.165) is 22.3 Å². The maximum atomic E-state index is 12.3. The van der Waals surface area contributed by atoms with Crippen LogP contribution in [-0.4, -0.2) is 5.97 Å². The van der Waals surface area contributed by atoms with E-state index < -0.39 is 5.97 Å². The van der Waals surface area contributed by atoms with Gasteiger partial charge in [0, 0.05) is 5.02 Å². The van der Waals surface area contributed by atoms with E-state index in [1.54, 1.807) is 60.7 Å². The van der Waals surface area contributed by atoms with Crippen molar-refractivity contribution in [3.63, 3.8) is 0 Å². The summed E-state index contributed by atoms with van der Waals surface area (Å²) in [5.41, 5.74) is 4.83. The summed E-state index contributed by atoms with van der Waals surface area (Å²) < 4.78 is 5.44. The van der Waals surface area contributed by atoms with Crippen molar-refractivity contribution in [1.29, 1.82) is 5.26 Å². The predicted octanol–water partition coefficient (Wildman–Crippen LogP) is 6.24. The van der Waals surface area contributed by atoms with Gasteiger partial charge >= 0.3 is 5.97 Å². The van der Waals surface area contributed by atoms with E-state index in [-0.39, 0.29) is 0 Å². The van der Waals surface area contributed by atoms with E-state index in [2.05, 4.69) is 6.07 Å². The molecule has 0 heterocycles. The Morgan fingerprint density at radius 1 is 0.929 bits per heavy atom. The number of nitriles is 1. The van der Waals surface area contributed by atoms with Crippen molar-refractivity contribution in [2.45, 2.75) is 13.8 Å². The predicted molar refractivity (Wildman–Crippen MR) is 112 cm³/mol. The molecule has 0 saturated carbocycles. The number of hydrogen-bond donors (Lipinski definition) is 0. The molecule has 28 heavy (non-hydrogen) atoms. The third-order valence-corrected chi connectivity index (χ3v) is 4.67. The molecule has 3 rings (SSSR count). The molecule has 138 valence electrons. The molecule has 0 radical (unpaired) electrons. The van der Waals surface area contributed by atoms with Crippen LogP contribution in [0.2, 0.25) is 5.02 Å². The standard InChI is InChI=1S/C24H18ClNO2/c1-16-3-6-20(13-17(16)2)24(27)28-23-11-4-18(5-12-23)14-21(15-26)19-7-9-22(25)10-8-19/h3-14H,1-2H3/b21-14-. The number of hydrogen-bond acceptors (Lipinski definition) is 3. The molecule has 0 aliphatic rings. The minimum atomic E-state index is -0.398. The summed E-state index contributed by atoms with van der Waals surface area (Å²) in [5, 5.41) is 10.1. The minimum absolute atomic E-state index is 0.398. The lowest BCUT2D eigenvalue weighted by Crippen LogP contribution is -2.08. The SMILES string of the molecule is Cc1ccc(C(=O)Oc2ccc(/C=C(/C#N)c3ccc(Cl)cc3)cc2)cc1C. The Labute approximate surface area is 169 Å². The van der Waals surface area contributed by atoms with Crippen LogP contribution in [0, 0.1) is 25.2 Å². The normalized spacial score (nSPS) is 11.0. The number of carbonyl (C=O) groups is 1. The van der Waals surface area contributed by atoms with Crippen molar-refractivity contribution < 1.29 is 9.53 Å². The fourth-order valence-corrected chi connectivity index (χ4v) is 2.77. The lowest BCUT2D eigenvalue weighted by Gasteiger charge is -2.07. The van der Waals surface area contributed by atoms with Gasteiger partial charge in [-0.2, -0.15) is 5.26 Å². The van der Waals surface area contributed by atoms with E-state index in [1.807, 2.05) is 26.0 Å². The first-order valence-corrected chi connectivity index (χ1v) is 9.11. The lowest BCUT2D eigenvalue weighted by atomic mass is 10.0. The first kappa shape index (κ1) is 19.4. The summed E-state index contributed by atoms with van der Waals surface area (Å²) in [6.07, 6.45) is 1.78. The van der Waals surface area contributed by atoms with E-state index in [1.165, 1.54) is 0 Å². The summed E-state index contributed by atoms with van der Waals surface area (Å²) in [6.45, 7) is 3.96. The van der Waals surface area contributed by atoms with Crippen LogP contribution in [0.1, 0.15) is 32.6 Å². The zero-order valence-electron chi connectivity index (χ0n) is 15.6. The van der Waals surface area contributed by atoms with Gasteiger partial charge in [-0.25, -0.2) is 4.79 Å². The lowest BCUT2D eigenvalue weighted by molar-refractivity contribution is 0.0734. The number of nitrogens with zero attached hydrogens (tertiary/aromatic N) is 1. The van der Waals surface area contributed by atoms with Gasteiger partial charge in [-0.3, -0.25) is 0 Å². The fourth-order valence-electron chi connectivity index (χ4n) is 2.64. The van der Waals surface area contributed by atoms with E-state index >= 15 is 0 Å². The third kappa shape index (κ3) is 4.68. The molecule has 3 aromatic rings. The Bertz CT molecular complexity index is 1080. The van der Waals surface area contributed by atoms with Crippen LogP contribution >= 0.6 is 11.6 Å². The Balaban J connectivity index is 1.75. The molecule has 0 unspecified atom stereocenters. The summed E-state index contributed by atoms with van der Waals surface area (Å²) in [7, 11) is 0. The van der Waals surface area contributed by atoms with Gasteiger partial charge in [0.05, 0.1) is 17.2 Å². The zero-order chi connectivity index (χ0) is 20.1. The van der Waals surface area contributed by atoms with Gasteiger partial charge in [-0.1, -0.05) is 41.9 Å². The number of rotatable bonds is 4. The highest BCUT2D eigenvalue weighted by atomic mass is 35.5. The molecule has 0 N–H and O–H groups in total. The average Bonchev–Trinajstić information content (AvgIpc) is 2.70. The zero-order valence-corrected chi connectivity index (χ0v) is 16.3. The van der Waals surface area contributed by atoms with Gasteiger partial charge in [0.2, 0.25) is 0 Å². The van der Waals surface area contributed by atoms with E-state index in [4.69, 9.17) is 16.3 Å². The van der Waals surface area contributed by atoms with Gasteiger partial charge in [-0.05, 0) is 78.6 Å². The van der Waals surface area contributed by atoms with Crippen molar-refractivity contribution in [2.75, 3.05) is 0 Å². The van der Waals surface area contributed by atoms with Crippen LogP contribution in [0.4, 0.5) is 0 Å². The molecule has 0 fully saturated rings. The second-order valence-corrected chi connectivity index (χ2v) is 6.87. The number of allylic oxidation sites excluding steroid dienone is 1. The van der Waals surface area contributed by atoms with Crippen molar-refractivity contribution in [2.24, 2.45) is 0 Å². The van der Waals surface area contributed by atoms with Gasteiger partial charge in [-0.15, -0.1) is 0 Å². The number of aryl methyl sites for hydroxylation is 2. The molecule has 0 aliphatic carbocycles. The highest BCUT2D eigenvalue weighted by molar-refractivity contribution is 6.30. The Morgan fingerprint density at radius 3 is 2.18 bits per heavy atom. The highest BCUT2D eigenvalue weighted by Crippen LogP contribution is 2.22. The molecule has 0 atom stereocenters. The van der Waals surface area contributed by atoms with Crippen LogP contribution in [0.3, 0.4) is 0 Å².